The van der Waals surface area contributed by atoms with Gasteiger partial charge in [0.15, 0.2) is 5.82 Å². The van der Waals surface area contributed by atoms with Gasteiger partial charge in [-0.2, -0.15) is 0 Å². The highest BCUT2D eigenvalue weighted by atomic mass is 79.9. The van der Waals surface area contributed by atoms with Gasteiger partial charge in [0.25, 0.3) is 0 Å². The number of nitrogens with two attached hydrogens (primary N) is 1. The van der Waals surface area contributed by atoms with E-state index >= 15 is 0 Å². The van der Waals surface area contributed by atoms with Gasteiger partial charge in [0.1, 0.15) is 11.5 Å². The van der Waals surface area contributed by atoms with E-state index in [0.29, 0.717) is 17.6 Å². The van der Waals surface area contributed by atoms with Crippen LogP contribution >= 0.6 is 15.9 Å². The Morgan fingerprint density at radius 2 is 1.94 bits per heavy atom. The molecular weight excluding hydrogens is 292 g/mol. The zero-order valence-corrected chi connectivity index (χ0v) is 12.2. The van der Waals surface area contributed by atoms with Crippen LogP contribution in [0.1, 0.15) is 31.0 Å². The molecule has 0 saturated carbocycles. The van der Waals surface area contributed by atoms with Gasteiger partial charge in [0.2, 0.25) is 0 Å². The van der Waals surface area contributed by atoms with E-state index < -0.39 is 0 Å². The minimum absolute atomic E-state index is 0.317. The summed E-state index contributed by atoms with van der Waals surface area (Å²) < 4.78 is 0.926. The molecule has 0 aliphatic rings. The number of rotatable bonds is 2. The van der Waals surface area contributed by atoms with Gasteiger partial charge in [-0.05, 0) is 40.9 Å². The number of anilines is 1. The Balaban J connectivity index is 2.51. The van der Waals surface area contributed by atoms with Crippen LogP contribution in [0.25, 0.3) is 11.5 Å². The van der Waals surface area contributed by atoms with Crippen molar-refractivity contribution in [3.8, 4) is 11.5 Å². The number of hydrogen-bond donors (Lipinski definition) is 1. The number of nitrogen functional groups attached to an aromatic ring is 1. The molecule has 0 aliphatic heterocycles. The fourth-order valence-corrected chi connectivity index (χ4v) is 2.17. The van der Waals surface area contributed by atoms with E-state index in [-0.39, 0.29) is 0 Å². The van der Waals surface area contributed by atoms with E-state index in [1.54, 1.807) is 6.20 Å². The molecule has 94 valence electrons. The normalized spacial score (nSPS) is 10.9. The second kappa shape index (κ2) is 5.02. The van der Waals surface area contributed by atoms with Gasteiger partial charge in [-0.15, -0.1) is 0 Å². The van der Waals surface area contributed by atoms with Crippen LogP contribution in [0.2, 0.25) is 0 Å². The van der Waals surface area contributed by atoms with Crippen LogP contribution < -0.4 is 5.73 Å². The van der Waals surface area contributed by atoms with Gasteiger partial charge in [-0.3, -0.25) is 4.98 Å². The van der Waals surface area contributed by atoms with E-state index in [0.717, 1.165) is 21.4 Å². The topological polar surface area (TPSA) is 64.7 Å². The Hall–Kier alpha value is -1.49. The molecule has 0 spiro atoms. The molecule has 0 bridgehead atoms. The predicted molar refractivity (Wildman–Crippen MR) is 76.2 cm³/mol. The third kappa shape index (κ3) is 2.51. The summed E-state index contributed by atoms with van der Waals surface area (Å²) in [7, 11) is 0. The van der Waals surface area contributed by atoms with Crippen molar-refractivity contribution >= 4 is 21.7 Å². The minimum Gasteiger partial charge on any atom is -0.383 e. The maximum Gasteiger partial charge on any atom is 0.180 e. The summed E-state index contributed by atoms with van der Waals surface area (Å²) in [6.07, 6.45) is 1.72. The third-order valence-electron chi connectivity index (χ3n) is 2.70. The first-order valence-electron chi connectivity index (χ1n) is 5.75. The van der Waals surface area contributed by atoms with E-state index in [4.69, 9.17) is 5.73 Å². The Bertz CT molecular complexity index is 541. The number of hydrogen-bond acceptors (Lipinski definition) is 4. The van der Waals surface area contributed by atoms with Crippen LogP contribution in [-0.2, 0) is 0 Å². The highest BCUT2D eigenvalue weighted by molar-refractivity contribution is 9.10. The first-order valence-corrected chi connectivity index (χ1v) is 6.54. The quantitative estimate of drug-likeness (QED) is 0.924. The third-order valence-corrected chi connectivity index (χ3v) is 3.17. The summed E-state index contributed by atoms with van der Waals surface area (Å²) >= 11 is 3.35. The summed E-state index contributed by atoms with van der Waals surface area (Å²) in [6, 6.07) is 3.78. The van der Waals surface area contributed by atoms with Crippen molar-refractivity contribution < 1.29 is 0 Å². The Labute approximate surface area is 115 Å². The largest absolute Gasteiger partial charge is 0.383 e. The molecule has 2 aromatic heterocycles. The van der Waals surface area contributed by atoms with E-state index in [2.05, 4.69) is 44.7 Å². The van der Waals surface area contributed by atoms with Crippen LogP contribution in [0.5, 0.6) is 0 Å². The van der Waals surface area contributed by atoms with Crippen LogP contribution in [0.4, 0.5) is 5.82 Å². The van der Waals surface area contributed by atoms with Crippen molar-refractivity contribution in [2.75, 3.05) is 5.73 Å². The molecular formula is C13H15BrN4. The summed E-state index contributed by atoms with van der Waals surface area (Å²) in [5, 5.41) is 0. The molecule has 0 fully saturated rings. The number of halogens is 1. The van der Waals surface area contributed by atoms with Gasteiger partial charge in [0.05, 0.1) is 0 Å². The van der Waals surface area contributed by atoms with E-state index in [9.17, 15) is 0 Å². The SMILES string of the molecule is Cc1nc(-c2ccc(Br)cn2)nc(N)c1C(C)C. The molecule has 4 nitrogen and oxygen atoms in total. The first kappa shape index (κ1) is 13.0. The lowest BCUT2D eigenvalue weighted by Crippen LogP contribution is -2.07. The van der Waals surface area contributed by atoms with Crippen molar-refractivity contribution in [2.45, 2.75) is 26.7 Å². The van der Waals surface area contributed by atoms with Crippen LogP contribution in [-0.4, -0.2) is 15.0 Å². The molecule has 2 rings (SSSR count). The van der Waals surface area contributed by atoms with Crippen LogP contribution in [0, 0.1) is 6.92 Å². The molecule has 0 atom stereocenters. The van der Waals surface area contributed by atoms with E-state index in [1.807, 2.05) is 19.1 Å². The van der Waals surface area contributed by atoms with Crippen molar-refractivity contribution in [1.29, 1.82) is 0 Å². The average Bonchev–Trinajstić information content (AvgIpc) is 2.28. The highest BCUT2D eigenvalue weighted by Gasteiger charge is 2.13. The van der Waals surface area contributed by atoms with Crippen molar-refractivity contribution in [3.05, 3.63) is 34.1 Å². The Morgan fingerprint density at radius 1 is 1.22 bits per heavy atom. The number of aryl methyl sites for hydroxylation is 1. The molecule has 2 N–H and O–H groups in total. The minimum atomic E-state index is 0.317. The van der Waals surface area contributed by atoms with Gasteiger partial charge in [-0.25, -0.2) is 9.97 Å². The maximum absolute atomic E-state index is 6.00. The van der Waals surface area contributed by atoms with Gasteiger partial charge in [-0.1, -0.05) is 13.8 Å². The van der Waals surface area contributed by atoms with Gasteiger partial charge >= 0.3 is 0 Å². The predicted octanol–water partition coefficient (Wildman–Crippen LogP) is 3.32. The van der Waals surface area contributed by atoms with Crippen LogP contribution in [0.3, 0.4) is 0 Å². The lowest BCUT2D eigenvalue weighted by Gasteiger charge is -2.12. The van der Waals surface area contributed by atoms with Crippen LogP contribution in [0.15, 0.2) is 22.8 Å². The summed E-state index contributed by atoms with van der Waals surface area (Å²) in [4.78, 5) is 13.1. The lowest BCUT2D eigenvalue weighted by molar-refractivity contribution is 0.835. The van der Waals surface area contributed by atoms with Gasteiger partial charge in [0, 0.05) is 21.9 Å². The van der Waals surface area contributed by atoms with Crippen molar-refractivity contribution in [2.24, 2.45) is 0 Å². The average molecular weight is 307 g/mol. The molecule has 2 heterocycles. The fraction of sp³-hybridized carbons (Fsp3) is 0.308. The molecule has 0 aromatic carbocycles. The monoisotopic (exact) mass is 306 g/mol. The Morgan fingerprint density at radius 3 is 2.44 bits per heavy atom. The molecule has 0 aliphatic carbocycles. The maximum atomic E-state index is 6.00. The second-order valence-electron chi connectivity index (χ2n) is 4.45. The van der Waals surface area contributed by atoms with Gasteiger partial charge < -0.3 is 5.73 Å². The molecule has 2 aromatic rings. The smallest absolute Gasteiger partial charge is 0.180 e. The molecule has 0 amide bonds. The summed E-state index contributed by atoms with van der Waals surface area (Å²) in [5.41, 5.74) is 8.65. The molecule has 0 saturated heterocycles. The van der Waals surface area contributed by atoms with Crippen molar-refractivity contribution in [1.82, 2.24) is 15.0 Å². The number of aromatic nitrogens is 3. The molecule has 0 unspecified atom stereocenters. The summed E-state index contributed by atoms with van der Waals surface area (Å²) in [5.74, 6) is 1.43. The molecule has 5 heteroatoms. The van der Waals surface area contributed by atoms with E-state index in [1.165, 1.54) is 0 Å². The second-order valence-corrected chi connectivity index (χ2v) is 5.36. The van der Waals surface area contributed by atoms with Crippen molar-refractivity contribution in [3.63, 3.8) is 0 Å². The zero-order valence-electron chi connectivity index (χ0n) is 10.6. The standard InChI is InChI=1S/C13H15BrN4/c1-7(2)11-8(3)17-13(18-12(11)15)10-5-4-9(14)6-16-10/h4-7H,1-3H3,(H2,15,17,18). The fourth-order valence-electron chi connectivity index (χ4n) is 1.94. The highest BCUT2D eigenvalue weighted by Crippen LogP contribution is 2.25. The number of pyridine rings is 1. The number of nitrogens with zero attached hydrogens (tertiary/aromatic N) is 3. The molecule has 18 heavy (non-hydrogen) atoms. The zero-order chi connectivity index (χ0) is 13.3. The summed E-state index contributed by atoms with van der Waals surface area (Å²) in [6.45, 7) is 6.12. The lowest BCUT2D eigenvalue weighted by atomic mass is 10.0. The Kier molecular flexibility index (Phi) is 3.61. The molecule has 0 radical (unpaired) electrons. The first-order chi connectivity index (χ1) is 8.49.